The fraction of sp³-hybridized carbons (Fsp3) is 1.00. The van der Waals surface area contributed by atoms with Crippen molar-refractivity contribution in [2.75, 3.05) is 0 Å². The third-order valence-corrected chi connectivity index (χ3v) is 2.50. The van der Waals surface area contributed by atoms with Gasteiger partial charge < -0.3 is 0 Å². The topological polar surface area (TPSA) is 36.9 Å². The quantitative estimate of drug-likeness (QED) is 0.623. The van der Waals surface area contributed by atoms with Gasteiger partial charge >= 0.3 is 0 Å². The van der Waals surface area contributed by atoms with Crippen molar-refractivity contribution >= 4 is 0 Å². The molecule has 1 spiro atoms. The average Bonchev–Trinajstić information content (AvgIpc) is 2.59. The monoisotopic (exact) mass is 188 g/mol. The van der Waals surface area contributed by atoms with Gasteiger partial charge in [0.2, 0.25) is 12.1 Å². The zero-order chi connectivity index (χ0) is 9.15. The lowest BCUT2D eigenvalue weighted by Crippen LogP contribution is -2.41. The lowest BCUT2D eigenvalue weighted by atomic mass is 10.2. The normalized spacial score (nSPS) is 28.4. The third kappa shape index (κ3) is 2.02. The van der Waals surface area contributed by atoms with Crippen molar-refractivity contribution in [3.05, 3.63) is 0 Å². The molecule has 76 valence electrons. The molecule has 1 saturated heterocycles. The van der Waals surface area contributed by atoms with Gasteiger partial charge in [-0.1, -0.05) is 13.3 Å². The Hall–Kier alpha value is -0.160. The summed E-state index contributed by atoms with van der Waals surface area (Å²) in [5.74, 6) is -0.593. The highest BCUT2D eigenvalue weighted by molar-refractivity contribution is 4.75. The highest BCUT2D eigenvalue weighted by Gasteiger charge is 2.43. The molecule has 0 unspecified atom stereocenters. The van der Waals surface area contributed by atoms with Gasteiger partial charge in [-0.3, -0.25) is 0 Å². The van der Waals surface area contributed by atoms with E-state index in [1.807, 2.05) is 0 Å². The van der Waals surface area contributed by atoms with Crippen molar-refractivity contribution in [1.82, 2.24) is 0 Å². The molecule has 0 bridgehead atoms. The summed E-state index contributed by atoms with van der Waals surface area (Å²) >= 11 is 0. The first-order valence-corrected chi connectivity index (χ1v) is 5.04. The summed E-state index contributed by atoms with van der Waals surface area (Å²) in [4.78, 5) is 20.7. The maximum Gasteiger partial charge on any atom is 0.234 e. The van der Waals surface area contributed by atoms with Crippen LogP contribution >= 0.6 is 0 Å². The molecule has 0 radical (unpaired) electrons. The highest BCUT2D eigenvalue weighted by atomic mass is 17.4. The summed E-state index contributed by atoms with van der Waals surface area (Å²) in [6.07, 6.45) is 5.41. The maximum atomic E-state index is 5.24. The van der Waals surface area contributed by atoms with Gasteiger partial charge in [-0.25, -0.2) is 0 Å². The lowest BCUT2D eigenvalue weighted by molar-refractivity contribution is -0.624. The molecule has 1 saturated carbocycles. The SMILES string of the molecule is CCCC1OOC2(CCCC2)OO1. The van der Waals surface area contributed by atoms with Crippen LogP contribution in [0.2, 0.25) is 0 Å². The summed E-state index contributed by atoms with van der Waals surface area (Å²) < 4.78 is 0. The van der Waals surface area contributed by atoms with Crippen LogP contribution in [0.25, 0.3) is 0 Å². The largest absolute Gasteiger partial charge is 0.234 e. The van der Waals surface area contributed by atoms with Crippen LogP contribution in [0.5, 0.6) is 0 Å². The van der Waals surface area contributed by atoms with Crippen LogP contribution in [0.1, 0.15) is 45.4 Å². The molecule has 2 aliphatic rings. The molecule has 2 fully saturated rings. The molecule has 0 aromatic rings. The van der Waals surface area contributed by atoms with Crippen molar-refractivity contribution < 1.29 is 19.6 Å². The second-order valence-electron chi connectivity index (χ2n) is 3.70. The molecule has 1 aliphatic carbocycles. The van der Waals surface area contributed by atoms with Crippen LogP contribution in [-0.4, -0.2) is 12.1 Å². The van der Waals surface area contributed by atoms with Crippen molar-refractivity contribution in [3.63, 3.8) is 0 Å². The van der Waals surface area contributed by atoms with E-state index in [4.69, 9.17) is 19.6 Å². The average molecular weight is 188 g/mol. The minimum atomic E-state index is -0.593. The van der Waals surface area contributed by atoms with Gasteiger partial charge in [0.05, 0.1) is 0 Å². The van der Waals surface area contributed by atoms with E-state index in [9.17, 15) is 0 Å². The van der Waals surface area contributed by atoms with E-state index in [-0.39, 0.29) is 6.29 Å². The minimum Gasteiger partial charge on any atom is -0.198 e. The molecule has 1 heterocycles. The predicted molar refractivity (Wildman–Crippen MR) is 44.2 cm³/mol. The van der Waals surface area contributed by atoms with E-state index in [1.165, 1.54) is 0 Å². The van der Waals surface area contributed by atoms with Gasteiger partial charge in [0.15, 0.2) is 0 Å². The van der Waals surface area contributed by atoms with Gasteiger partial charge in [0.25, 0.3) is 0 Å². The molecule has 2 rings (SSSR count). The van der Waals surface area contributed by atoms with E-state index in [0.717, 1.165) is 38.5 Å². The molecule has 1 aliphatic heterocycles. The molecule has 0 N–H and O–H groups in total. The van der Waals surface area contributed by atoms with Crippen molar-refractivity contribution in [1.29, 1.82) is 0 Å². The van der Waals surface area contributed by atoms with E-state index in [1.54, 1.807) is 0 Å². The molecule has 0 aromatic carbocycles. The minimum absolute atomic E-state index is 0.351. The number of hydrogen-bond acceptors (Lipinski definition) is 4. The van der Waals surface area contributed by atoms with E-state index in [2.05, 4.69) is 6.92 Å². The lowest BCUT2D eigenvalue weighted by Gasteiger charge is -2.33. The van der Waals surface area contributed by atoms with Gasteiger partial charge in [0, 0.05) is 19.3 Å². The number of rotatable bonds is 2. The van der Waals surface area contributed by atoms with E-state index in [0.29, 0.717) is 0 Å². The fourth-order valence-corrected chi connectivity index (χ4v) is 1.72. The Morgan fingerprint density at radius 2 is 1.77 bits per heavy atom. The molecule has 0 amide bonds. The molecule has 0 atom stereocenters. The van der Waals surface area contributed by atoms with Crippen LogP contribution in [0.3, 0.4) is 0 Å². The fourth-order valence-electron chi connectivity index (χ4n) is 1.72. The standard InChI is InChI=1S/C9H16O4/c1-2-5-8-10-12-9(13-11-8)6-3-4-7-9/h8H,2-7H2,1H3. The summed E-state index contributed by atoms with van der Waals surface area (Å²) in [7, 11) is 0. The van der Waals surface area contributed by atoms with Crippen LogP contribution in [0.15, 0.2) is 0 Å². The van der Waals surface area contributed by atoms with Crippen LogP contribution in [0.4, 0.5) is 0 Å². The Morgan fingerprint density at radius 1 is 1.15 bits per heavy atom. The van der Waals surface area contributed by atoms with E-state index < -0.39 is 5.79 Å². The zero-order valence-electron chi connectivity index (χ0n) is 7.95. The van der Waals surface area contributed by atoms with Gasteiger partial charge in [-0.2, -0.15) is 19.6 Å². The van der Waals surface area contributed by atoms with Crippen molar-refractivity contribution in [2.24, 2.45) is 0 Å². The van der Waals surface area contributed by atoms with Crippen molar-refractivity contribution in [3.8, 4) is 0 Å². The van der Waals surface area contributed by atoms with Crippen LogP contribution < -0.4 is 0 Å². The van der Waals surface area contributed by atoms with E-state index >= 15 is 0 Å². The Morgan fingerprint density at radius 3 is 2.31 bits per heavy atom. The summed E-state index contributed by atoms with van der Waals surface area (Å²) in [6, 6.07) is 0. The third-order valence-electron chi connectivity index (χ3n) is 2.50. The second-order valence-corrected chi connectivity index (χ2v) is 3.70. The summed E-state index contributed by atoms with van der Waals surface area (Å²) in [5.41, 5.74) is 0. The van der Waals surface area contributed by atoms with Gasteiger partial charge in [0.1, 0.15) is 0 Å². The van der Waals surface area contributed by atoms with Gasteiger partial charge in [-0.15, -0.1) is 0 Å². The van der Waals surface area contributed by atoms with Gasteiger partial charge in [-0.05, 0) is 12.8 Å². The molecular formula is C9H16O4. The Kier molecular flexibility index (Phi) is 2.83. The first kappa shape index (κ1) is 9.40. The highest BCUT2D eigenvalue weighted by Crippen LogP contribution is 2.38. The molecule has 13 heavy (non-hydrogen) atoms. The molecular weight excluding hydrogens is 172 g/mol. The first-order chi connectivity index (χ1) is 6.35. The molecule has 0 aromatic heterocycles. The van der Waals surface area contributed by atoms with Crippen LogP contribution in [0, 0.1) is 0 Å². The predicted octanol–water partition coefficient (Wildman–Crippen LogP) is 2.29. The van der Waals surface area contributed by atoms with Crippen LogP contribution in [-0.2, 0) is 19.6 Å². The second kappa shape index (κ2) is 3.92. The maximum absolute atomic E-state index is 5.24. The number of hydrogen-bond donors (Lipinski definition) is 0. The van der Waals surface area contributed by atoms with Crippen molar-refractivity contribution in [2.45, 2.75) is 57.5 Å². The Balaban J connectivity index is 1.81. The smallest absolute Gasteiger partial charge is 0.198 e. The summed E-state index contributed by atoms with van der Waals surface area (Å²) in [6.45, 7) is 2.06. The molecule has 4 nitrogen and oxygen atoms in total. The Bertz CT molecular complexity index is 155. The Labute approximate surface area is 78.0 Å². The first-order valence-electron chi connectivity index (χ1n) is 5.04. The summed E-state index contributed by atoms with van der Waals surface area (Å²) in [5, 5.41) is 0. The zero-order valence-corrected chi connectivity index (χ0v) is 7.95. The molecule has 4 heteroatoms.